The maximum absolute atomic E-state index is 12.7. The van der Waals surface area contributed by atoms with E-state index in [1.807, 2.05) is 60.8 Å². The minimum atomic E-state index is -0.212. The number of aromatic nitrogens is 1. The Kier molecular flexibility index (Phi) is 6.36. The molecule has 0 fully saturated rings. The third-order valence-corrected chi connectivity index (χ3v) is 6.02. The van der Waals surface area contributed by atoms with Gasteiger partial charge in [-0.2, -0.15) is 0 Å². The third-order valence-electron chi connectivity index (χ3n) is 3.90. The van der Waals surface area contributed by atoms with Gasteiger partial charge in [0, 0.05) is 21.5 Å². The molecule has 0 aliphatic heterocycles. The standard InChI is InChI=1S/C20H21N3O2S2/c1-3-18(27-16-9-5-7-14(21)11-16)19(24)23-20-22-17(12-26-20)13-6-4-8-15(10-13)25-2/h4-12,18H,3,21H2,1-2H3,(H,22,23,24). The average molecular weight is 400 g/mol. The largest absolute Gasteiger partial charge is 0.497 e. The van der Waals surface area contributed by atoms with Crippen LogP contribution in [0.3, 0.4) is 0 Å². The van der Waals surface area contributed by atoms with Crippen molar-refractivity contribution in [3.8, 4) is 17.0 Å². The van der Waals surface area contributed by atoms with Gasteiger partial charge in [-0.15, -0.1) is 23.1 Å². The van der Waals surface area contributed by atoms with Crippen molar-refractivity contribution in [3.63, 3.8) is 0 Å². The number of carbonyl (C=O) groups excluding carboxylic acids is 1. The molecule has 0 aliphatic rings. The first-order chi connectivity index (χ1) is 13.1. The molecule has 5 nitrogen and oxygen atoms in total. The number of carbonyl (C=O) groups is 1. The monoisotopic (exact) mass is 399 g/mol. The summed E-state index contributed by atoms with van der Waals surface area (Å²) >= 11 is 2.92. The van der Waals surface area contributed by atoms with Crippen LogP contribution in [0, 0.1) is 0 Å². The predicted molar refractivity (Wildman–Crippen MR) is 114 cm³/mol. The summed E-state index contributed by atoms with van der Waals surface area (Å²) in [6, 6.07) is 15.3. The van der Waals surface area contributed by atoms with Gasteiger partial charge in [0.2, 0.25) is 5.91 Å². The fraction of sp³-hybridized carbons (Fsp3) is 0.200. The van der Waals surface area contributed by atoms with Crippen LogP contribution in [0.15, 0.2) is 58.8 Å². The number of thiazole rings is 1. The zero-order valence-corrected chi connectivity index (χ0v) is 16.8. The maximum atomic E-state index is 12.7. The SMILES string of the molecule is CCC(Sc1cccc(N)c1)C(=O)Nc1nc(-c2cccc(OC)c2)cs1. The Bertz CT molecular complexity index is 927. The molecule has 0 radical (unpaired) electrons. The first kappa shape index (κ1) is 19.3. The third kappa shape index (κ3) is 5.02. The lowest BCUT2D eigenvalue weighted by molar-refractivity contribution is -0.115. The van der Waals surface area contributed by atoms with E-state index in [4.69, 9.17) is 10.5 Å². The summed E-state index contributed by atoms with van der Waals surface area (Å²) in [6.45, 7) is 1.99. The topological polar surface area (TPSA) is 77.2 Å². The molecule has 3 aromatic rings. The van der Waals surface area contributed by atoms with Crippen molar-refractivity contribution in [2.75, 3.05) is 18.2 Å². The number of hydrogen-bond donors (Lipinski definition) is 2. The molecule has 1 atom stereocenters. The van der Waals surface area contributed by atoms with Crippen molar-refractivity contribution in [1.82, 2.24) is 4.98 Å². The van der Waals surface area contributed by atoms with Gasteiger partial charge in [0.15, 0.2) is 5.13 Å². The Labute approximate surface area is 167 Å². The summed E-state index contributed by atoms with van der Waals surface area (Å²) in [5.74, 6) is 0.715. The van der Waals surface area contributed by atoms with Crippen LogP contribution in [0.25, 0.3) is 11.3 Å². The van der Waals surface area contributed by atoms with E-state index >= 15 is 0 Å². The van der Waals surface area contributed by atoms with Crippen LogP contribution in [0.5, 0.6) is 5.75 Å². The van der Waals surface area contributed by atoms with E-state index in [0.717, 1.165) is 21.9 Å². The molecule has 0 saturated heterocycles. The average Bonchev–Trinajstić information content (AvgIpc) is 3.14. The molecule has 140 valence electrons. The second-order valence-corrected chi connectivity index (χ2v) is 7.98. The van der Waals surface area contributed by atoms with Gasteiger partial charge in [-0.25, -0.2) is 4.98 Å². The van der Waals surface area contributed by atoms with E-state index in [1.165, 1.54) is 23.1 Å². The molecule has 0 bridgehead atoms. The molecular formula is C20H21N3O2S2. The number of nitrogens with one attached hydrogen (secondary N) is 1. The quantitative estimate of drug-likeness (QED) is 0.436. The first-order valence-electron chi connectivity index (χ1n) is 8.52. The summed E-state index contributed by atoms with van der Waals surface area (Å²) in [7, 11) is 1.63. The number of methoxy groups -OCH3 is 1. The van der Waals surface area contributed by atoms with E-state index in [2.05, 4.69) is 10.3 Å². The van der Waals surface area contributed by atoms with Gasteiger partial charge in [-0.1, -0.05) is 25.1 Å². The number of nitrogens with two attached hydrogens (primary N) is 1. The van der Waals surface area contributed by atoms with E-state index < -0.39 is 0 Å². The number of amides is 1. The Morgan fingerprint density at radius 3 is 2.85 bits per heavy atom. The van der Waals surface area contributed by atoms with Gasteiger partial charge in [-0.3, -0.25) is 4.79 Å². The van der Waals surface area contributed by atoms with Gasteiger partial charge in [0.1, 0.15) is 5.75 Å². The van der Waals surface area contributed by atoms with Crippen molar-refractivity contribution in [2.45, 2.75) is 23.5 Å². The smallest absolute Gasteiger partial charge is 0.239 e. The highest BCUT2D eigenvalue weighted by Gasteiger charge is 2.19. The predicted octanol–water partition coefficient (Wildman–Crippen LogP) is 4.91. The summed E-state index contributed by atoms with van der Waals surface area (Å²) in [6.07, 6.45) is 0.708. The number of anilines is 2. The molecule has 0 saturated carbocycles. The minimum absolute atomic E-state index is 0.0588. The minimum Gasteiger partial charge on any atom is -0.497 e. The Morgan fingerprint density at radius 1 is 1.30 bits per heavy atom. The van der Waals surface area contributed by atoms with Crippen LogP contribution >= 0.6 is 23.1 Å². The summed E-state index contributed by atoms with van der Waals surface area (Å²) < 4.78 is 5.25. The molecule has 3 N–H and O–H groups in total. The lowest BCUT2D eigenvalue weighted by Crippen LogP contribution is -2.24. The number of hydrogen-bond acceptors (Lipinski definition) is 6. The number of nitrogen functional groups attached to an aromatic ring is 1. The van der Waals surface area contributed by atoms with E-state index in [-0.39, 0.29) is 11.2 Å². The second kappa shape index (κ2) is 8.92. The van der Waals surface area contributed by atoms with E-state index in [9.17, 15) is 4.79 Å². The summed E-state index contributed by atoms with van der Waals surface area (Å²) in [5, 5.41) is 5.23. The highest BCUT2D eigenvalue weighted by molar-refractivity contribution is 8.00. The molecule has 0 aliphatic carbocycles. The molecular weight excluding hydrogens is 378 g/mol. The number of thioether (sulfide) groups is 1. The van der Waals surface area contributed by atoms with Crippen molar-refractivity contribution >= 4 is 39.8 Å². The maximum Gasteiger partial charge on any atom is 0.239 e. The van der Waals surface area contributed by atoms with Crippen LogP contribution in [0.2, 0.25) is 0 Å². The Balaban J connectivity index is 1.68. The first-order valence-corrected chi connectivity index (χ1v) is 10.3. The van der Waals surface area contributed by atoms with Gasteiger partial charge in [-0.05, 0) is 36.8 Å². The highest BCUT2D eigenvalue weighted by atomic mass is 32.2. The van der Waals surface area contributed by atoms with Crippen LogP contribution in [0.1, 0.15) is 13.3 Å². The molecule has 1 unspecified atom stereocenters. The highest BCUT2D eigenvalue weighted by Crippen LogP contribution is 2.30. The summed E-state index contributed by atoms with van der Waals surface area (Å²) in [5.41, 5.74) is 8.28. The van der Waals surface area contributed by atoms with Gasteiger partial charge in [0.25, 0.3) is 0 Å². The van der Waals surface area contributed by atoms with Crippen LogP contribution < -0.4 is 15.8 Å². The van der Waals surface area contributed by atoms with Crippen molar-refractivity contribution in [1.29, 1.82) is 0 Å². The van der Waals surface area contributed by atoms with Crippen molar-refractivity contribution in [2.24, 2.45) is 0 Å². The fourth-order valence-electron chi connectivity index (χ4n) is 2.51. The lowest BCUT2D eigenvalue weighted by Gasteiger charge is -2.13. The van der Waals surface area contributed by atoms with Crippen LogP contribution in [-0.2, 0) is 4.79 Å². The number of ether oxygens (including phenoxy) is 1. The number of nitrogens with zero attached hydrogens (tertiary/aromatic N) is 1. The molecule has 2 aromatic carbocycles. The van der Waals surface area contributed by atoms with Gasteiger partial charge < -0.3 is 15.8 Å². The Hall–Kier alpha value is -2.51. The van der Waals surface area contributed by atoms with Crippen molar-refractivity contribution < 1.29 is 9.53 Å². The molecule has 27 heavy (non-hydrogen) atoms. The molecule has 1 aromatic heterocycles. The number of benzene rings is 2. The second-order valence-electron chi connectivity index (χ2n) is 5.85. The normalized spacial score (nSPS) is 11.8. The zero-order valence-electron chi connectivity index (χ0n) is 15.1. The molecule has 7 heteroatoms. The van der Waals surface area contributed by atoms with Gasteiger partial charge >= 0.3 is 0 Å². The molecule has 1 amide bonds. The van der Waals surface area contributed by atoms with Gasteiger partial charge in [0.05, 0.1) is 18.1 Å². The van der Waals surface area contributed by atoms with Crippen LogP contribution in [0.4, 0.5) is 10.8 Å². The zero-order chi connectivity index (χ0) is 19.2. The van der Waals surface area contributed by atoms with E-state index in [0.29, 0.717) is 17.2 Å². The number of rotatable bonds is 7. The molecule has 1 heterocycles. The fourth-order valence-corrected chi connectivity index (χ4v) is 4.25. The molecule has 3 rings (SSSR count). The molecule has 0 spiro atoms. The van der Waals surface area contributed by atoms with Crippen molar-refractivity contribution in [3.05, 3.63) is 53.9 Å². The van der Waals surface area contributed by atoms with Crippen LogP contribution in [-0.4, -0.2) is 23.3 Å². The Morgan fingerprint density at radius 2 is 2.11 bits per heavy atom. The van der Waals surface area contributed by atoms with E-state index in [1.54, 1.807) is 7.11 Å². The lowest BCUT2D eigenvalue weighted by atomic mass is 10.2. The summed E-state index contributed by atoms with van der Waals surface area (Å²) in [4.78, 5) is 18.2.